The van der Waals surface area contributed by atoms with Crippen molar-refractivity contribution >= 4 is 0 Å². The molecule has 3 rings (SSSR count). The number of fused-ring (bicyclic) bond motifs is 2. The molecule has 2 aliphatic rings. The standard InChI is InChI=1S/C16H19F4NO2/c17-14(18)16(19,20)23-13-6-1-3-10(7-13)15(22)8-11-4-2-5-12(9-15)21-11/h1,3,6-7,11-12,14,21-22H,2,4-5,8-9H2. The Hall–Kier alpha value is -1.34. The summed E-state index contributed by atoms with van der Waals surface area (Å²) in [5.74, 6) is -0.370. The molecule has 0 aromatic heterocycles. The Morgan fingerprint density at radius 2 is 1.87 bits per heavy atom. The number of hydrogen-bond acceptors (Lipinski definition) is 3. The summed E-state index contributed by atoms with van der Waals surface area (Å²) in [5.41, 5.74) is -0.723. The Morgan fingerprint density at radius 3 is 2.48 bits per heavy atom. The number of ether oxygens (including phenoxy) is 1. The molecule has 128 valence electrons. The van der Waals surface area contributed by atoms with E-state index in [-0.39, 0.29) is 17.8 Å². The first-order valence-corrected chi connectivity index (χ1v) is 7.72. The Bertz CT molecular complexity index is 555. The Morgan fingerprint density at radius 1 is 1.22 bits per heavy atom. The highest BCUT2D eigenvalue weighted by molar-refractivity contribution is 5.33. The molecule has 2 N–H and O–H groups in total. The number of halogens is 4. The Kier molecular flexibility index (Phi) is 4.27. The lowest BCUT2D eigenvalue weighted by Gasteiger charge is -2.45. The zero-order chi connectivity index (χ0) is 16.7. The van der Waals surface area contributed by atoms with Crippen molar-refractivity contribution in [1.29, 1.82) is 0 Å². The van der Waals surface area contributed by atoms with Gasteiger partial charge >= 0.3 is 12.5 Å². The van der Waals surface area contributed by atoms with Crippen molar-refractivity contribution in [2.24, 2.45) is 0 Å². The molecule has 0 amide bonds. The normalized spacial score (nSPS) is 31.2. The highest BCUT2D eigenvalue weighted by atomic mass is 19.3. The summed E-state index contributed by atoms with van der Waals surface area (Å²) in [6.45, 7) is 0. The van der Waals surface area contributed by atoms with Gasteiger partial charge in [-0.25, -0.2) is 0 Å². The largest absolute Gasteiger partial charge is 0.461 e. The number of hydrogen-bond donors (Lipinski definition) is 2. The molecule has 3 nitrogen and oxygen atoms in total. The van der Waals surface area contributed by atoms with Crippen LogP contribution in [0, 0.1) is 0 Å². The van der Waals surface area contributed by atoms with Gasteiger partial charge in [-0.05, 0) is 43.4 Å². The number of alkyl halides is 4. The minimum Gasteiger partial charge on any atom is -0.428 e. The number of aliphatic hydroxyl groups is 1. The van der Waals surface area contributed by atoms with Gasteiger partial charge in [-0.1, -0.05) is 18.6 Å². The van der Waals surface area contributed by atoms with Gasteiger partial charge in [0.1, 0.15) is 5.75 Å². The SMILES string of the molecule is OC1(c2cccc(OC(F)(F)C(F)F)c2)CC2CCCC(C1)N2. The van der Waals surface area contributed by atoms with E-state index in [1.807, 2.05) is 0 Å². The molecule has 1 aromatic carbocycles. The molecule has 0 aliphatic carbocycles. The molecule has 2 atom stereocenters. The summed E-state index contributed by atoms with van der Waals surface area (Å²) < 4.78 is 54.7. The maximum Gasteiger partial charge on any atom is 0.461 e. The third-order valence-electron chi connectivity index (χ3n) is 4.62. The van der Waals surface area contributed by atoms with Crippen LogP contribution in [0.15, 0.2) is 24.3 Å². The first-order valence-electron chi connectivity index (χ1n) is 7.72. The van der Waals surface area contributed by atoms with Crippen LogP contribution in [0.5, 0.6) is 5.75 Å². The summed E-state index contributed by atoms with van der Waals surface area (Å²) >= 11 is 0. The average molecular weight is 333 g/mol. The summed E-state index contributed by atoms with van der Waals surface area (Å²) in [4.78, 5) is 0. The van der Waals surface area contributed by atoms with Crippen LogP contribution in [0.4, 0.5) is 17.6 Å². The molecule has 23 heavy (non-hydrogen) atoms. The molecule has 1 aromatic rings. The van der Waals surface area contributed by atoms with Crippen LogP contribution < -0.4 is 10.1 Å². The van der Waals surface area contributed by atoms with Crippen molar-refractivity contribution in [2.75, 3.05) is 0 Å². The third-order valence-corrected chi connectivity index (χ3v) is 4.62. The van der Waals surface area contributed by atoms with E-state index in [1.54, 1.807) is 6.07 Å². The van der Waals surface area contributed by atoms with Gasteiger partial charge in [-0.2, -0.15) is 17.6 Å². The quantitative estimate of drug-likeness (QED) is 0.830. The van der Waals surface area contributed by atoms with E-state index in [0.717, 1.165) is 19.3 Å². The fourth-order valence-corrected chi connectivity index (χ4v) is 3.62. The van der Waals surface area contributed by atoms with Gasteiger partial charge in [0.15, 0.2) is 0 Å². The monoisotopic (exact) mass is 333 g/mol. The average Bonchev–Trinajstić information content (AvgIpc) is 2.46. The summed E-state index contributed by atoms with van der Waals surface area (Å²) in [7, 11) is 0. The van der Waals surface area contributed by atoms with Gasteiger partial charge in [0.05, 0.1) is 5.60 Å². The van der Waals surface area contributed by atoms with Crippen molar-refractivity contribution in [2.45, 2.75) is 62.3 Å². The topological polar surface area (TPSA) is 41.5 Å². The van der Waals surface area contributed by atoms with Crippen LogP contribution in [0.2, 0.25) is 0 Å². The lowest BCUT2D eigenvalue weighted by atomic mass is 9.74. The van der Waals surface area contributed by atoms with Gasteiger partial charge in [-0.3, -0.25) is 0 Å². The predicted octanol–water partition coefficient (Wildman–Crippen LogP) is 3.42. The molecule has 2 unspecified atom stereocenters. The van der Waals surface area contributed by atoms with Gasteiger partial charge in [0.2, 0.25) is 0 Å². The van der Waals surface area contributed by atoms with Crippen molar-refractivity contribution in [1.82, 2.24) is 5.32 Å². The van der Waals surface area contributed by atoms with Gasteiger partial charge < -0.3 is 15.2 Å². The van der Waals surface area contributed by atoms with Crippen molar-refractivity contribution < 1.29 is 27.4 Å². The van der Waals surface area contributed by atoms with Crippen LogP contribution in [-0.2, 0) is 5.60 Å². The van der Waals surface area contributed by atoms with Crippen LogP contribution in [0.3, 0.4) is 0 Å². The predicted molar refractivity (Wildman–Crippen MR) is 75.7 cm³/mol. The Balaban J connectivity index is 1.82. The number of benzene rings is 1. The highest BCUT2D eigenvalue weighted by Crippen LogP contribution is 2.41. The number of rotatable bonds is 4. The number of piperidine rings is 2. The first-order chi connectivity index (χ1) is 10.8. The van der Waals surface area contributed by atoms with E-state index in [9.17, 15) is 22.7 Å². The van der Waals surface area contributed by atoms with Crippen LogP contribution in [0.1, 0.15) is 37.7 Å². The second kappa shape index (κ2) is 5.94. The molecule has 7 heteroatoms. The summed E-state index contributed by atoms with van der Waals surface area (Å²) in [6, 6.07) is 5.83. The molecule has 2 bridgehead atoms. The van der Waals surface area contributed by atoms with Crippen LogP contribution in [0.25, 0.3) is 0 Å². The molecule has 0 radical (unpaired) electrons. The minimum absolute atomic E-state index is 0.180. The maximum absolute atomic E-state index is 13.0. The molecule has 0 spiro atoms. The lowest BCUT2D eigenvalue weighted by Crippen LogP contribution is -2.54. The molecule has 2 heterocycles. The van der Waals surface area contributed by atoms with E-state index in [0.29, 0.717) is 18.4 Å². The minimum atomic E-state index is -4.55. The second-order valence-electron chi connectivity index (χ2n) is 6.42. The zero-order valence-corrected chi connectivity index (χ0v) is 12.4. The zero-order valence-electron chi connectivity index (χ0n) is 12.4. The van der Waals surface area contributed by atoms with Crippen LogP contribution >= 0.6 is 0 Å². The smallest absolute Gasteiger partial charge is 0.428 e. The Labute approximate surface area is 131 Å². The molecule has 2 saturated heterocycles. The van der Waals surface area contributed by atoms with E-state index < -0.39 is 18.1 Å². The first kappa shape index (κ1) is 16.5. The van der Waals surface area contributed by atoms with Gasteiger partial charge in [0.25, 0.3) is 0 Å². The second-order valence-corrected chi connectivity index (χ2v) is 6.42. The van der Waals surface area contributed by atoms with Crippen molar-refractivity contribution in [3.8, 4) is 5.75 Å². The van der Waals surface area contributed by atoms with E-state index >= 15 is 0 Å². The molecular weight excluding hydrogens is 314 g/mol. The molecule has 2 aliphatic heterocycles. The summed E-state index contributed by atoms with van der Waals surface area (Å²) in [5, 5.41) is 14.4. The molecule has 0 saturated carbocycles. The van der Waals surface area contributed by atoms with Gasteiger partial charge in [-0.15, -0.1) is 0 Å². The number of nitrogens with one attached hydrogen (secondary N) is 1. The fourth-order valence-electron chi connectivity index (χ4n) is 3.62. The molecule has 2 fully saturated rings. The van der Waals surface area contributed by atoms with E-state index in [4.69, 9.17) is 0 Å². The fraction of sp³-hybridized carbons (Fsp3) is 0.625. The third kappa shape index (κ3) is 3.45. The molecular formula is C16H19F4NO2. The van der Waals surface area contributed by atoms with Crippen molar-refractivity contribution in [3.63, 3.8) is 0 Å². The van der Waals surface area contributed by atoms with E-state index in [1.165, 1.54) is 18.2 Å². The van der Waals surface area contributed by atoms with Crippen LogP contribution in [-0.4, -0.2) is 29.7 Å². The maximum atomic E-state index is 13.0. The lowest BCUT2D eigenvalue weighted by molar-refractivity contribution is -0.253. The highest BCUT2D eigenvalue weighted by Gasteiger charge is 2.45. The summed E-state index contributed by atoms with van der Waals surface area (Å²) in [6.07, 6.45) is -4.51. The van der Waals surface area contributed by atoms with Gasteiger partial charge in [0, 0.05) is 12.1 Å². The van der Waals surface area contributed by atoms with Crippen molar-refractivity contribution in [3.05, 3.63) is 29.8 Å². The van der Waals surface area contributed by atoms with E-state index in [2.05, 4.69) is 10.1 Å².